The lowest BCUT2D eigenvalue weighted by Gasteiger charge is -2.20. The fourth-order valence-electron chi connectivity index (χ4n) is 3.68. The summed E-state index contributed by atoms with van der Waals surface area (Å²) in [6, 6.07) is 13.4. The van der Waals surface area contributed by atoms with E-state index in [1.165, 1.54) is 16.3 Å². The van der Waals surface area contributed by atoms with Crippen LogP contribution >= 0.6 is 0 Å². The molecule has 2 aromatic carbocycles. The molecule has 7 heteroatoms. The molecule has 0 saturated heterocycles. The molecule has 0 bridgehead atoms. The number of aryl methyl sites for hydroxylation is 3. The second-order valence-corrected chi connectivity index (χ2v) is 9.64. The van der Waals surface area contributed by atoms with E-state index in [1.54, 1.807) is 13.1 Å². The van der Waals surface area contributed by atoms with E-state index in [9.17, 15) is 8.42 Å². The van der Waals surface area contributed by atoms with Crippen molar-refractivity contribution in [2.24, 2.45) is 0 Å². The molecular weight excluding hydrogens is 386 g/mol. The predicted molar refractivity (Wildman–Crippen MR) is 111 cm³/mol. The third-order valence-electron chi connectivity index (χ3n) is 5.41. The summed E-state index contributed by atoms with van der Waals surface area (Å²) in [7, 11) is -1.95. The summed E-state index contributed by atoms with van der Waals surface area (Å²) in [4.78, 5) is 4.76. The van der Waals surface area contributed by atoms with Crippen molar-refractivity contribution in [3.8, 4) is 11.5 Å². The van der Waals surface area contributed by atoms with Gasteiger partial charge in [-0.05, 0) is 68.0 Å². The van der Waals surface area contributed by atoms with Crippen LogP contribution in [0.2, 0.25) is 0 Å². The van der Waals surface area contributed by atoms with Gasteiger partial charge < -0.3 is 4.52 Å². The van der Waals surface area contributed by atoms with Crippen LogP contribution < -0.4 is 0 Å². The Morgan fingerprint density at radius 2 is 1.86 bits per heavy atom. The van der Waals surface area contributed by atoms with E-state index in [1.807, 2.05) is 43.3 Å². The van der Waals surface area contributed by atoms with Crippen LogP contribution in [0.25, 0.3) is 11.5 Å². The van der Waals surface area contributed by atoms with E-state index >= 15 is 0 Å². The second-order valence-electron chi connectivity index (χ2n) is 7.60. The molecule has 1 aliphatic carbocycles. The van der Waals surface area contributed by atoms with Crippen molar-refractivity contribution >= 4 is 10.0 Å². The number of nitrogens with zero attached hydrogens (tertiary/aromatic N) is 3. The van der Waals surface area contributed by atoms with Crippen molar-refractivity contribution in [3.05, 3.63) is 65.0 Å². The van der Waals surface area contributed by atoms with E-state index in [4.69, 9.17) is 4.52 Å². The van der Waals surface area contributed by atoms with Gasteiger partial charge in [-0.3, -0.25) is 0 Å². The summed E-state index contributed by atoms with van der Waals surface area (Å²) in [5.74, 6) is 0.942. The predicted octanol–water partition coefficient (Wildman–Crippen LogP) is 3.79. The molecule has 1 heterocycles. The zero-order chi connectivity index (χ0) is 20.4. The molecule has 1 aromatic heterocycles. The van der Waals surface area contributed by atoms with Crippen molar-refractivity contribution in [2.75, 3.05) is 13.6 Å². The quantitative estimate of drug-likeness (QED) is 0.617. The molecule has 0 radical (unpaired) electrons. The molecule has 0 spiro atoms. The van der Waals surface area contributed by atoms with Crippen molar-refractivity contribution < 1.29 is 12.9 Å². The molecule has 4 rings (SSSR count). The molecule has 3 aromatic rings. The number of hydrogen-bond acceptors (Lipinski definition) is 5. The van der Waals surface area contributed by atoms with Gasteiger partial charge in [-0.25, -0.2) is 12.7 Å². The van der Waals surface area contributed by atoms with E-state index in [0.717, 1.165) is 36.0 Å². The lowest BCUT2D eigenvalue weighted by atomic mass is 9.92. The summed E-state index contributed by atoms with van der Waals surface area (Å²) in [5.41, 5.74) is 4.40. The Kier molecular flexibility index (Phi) is 5.52. The molecule has 0 atom stereocenters. The van der Waals surface area contributed by atoms with E-state index < -0.39 is 10.0 Å². The molecular formula is C22H25N3O3S. The fraction of sp³-hybridized carbons (Fsp3) is 0.364. The Morgan fingerprint density at radius 3 is 2.66 bits per heavy atom. The first-order valence-electron chi connectivity index (χ1n) is 9.91. The smallest absolute Gasteiger partial charge is 0.257 e. The molecule has 0 saturated carbocycles. The zero-order valence-electron chi connectivity index (χ0n) is 16.8. The number of likely N-dealkylation sites (N-methyl/N-ethyl adjacent to an activating group) is 1. The molecule has 152 valence electrons. The second kappa shape index (κ2) is 8.08. The van der Waals surface area contributed by atoms with Crippen molar-refractivity contribution in [3.63, 3.8) is 0 Å². The number of benzene rings is 2. The first-order valence-corrected chi connectivity index (χ1v) is 11.4. The van der Waals surface area contributed by atoms with Crippen molar-refractivity contribution in [1.82, 2.24) is 14.4 Å². The number of fused-ring (bicyclic) bond motifs is 1. The molecule has 0 aliphatic heterocycles. The third kappa shape index (κ3) is 4.26. The number of aromatic nitrogens is 2. The standard InChI is InChI=1S/C22H25N3O3S/c1-16-6-5-9-19(14-16)22-23-21(24-28-22)12-13-25(2)29(26,27)20-11-10-17-7-3-4-8-18(17)15-20/h5-6,9-11,14-15H,3-4,7-8,12-13H2,1-2H3. The highest BCUT2D eigenvalue weighted by Gasteiger charge is 2.23. The first-order chi connectivity index (χ1) is 13.9. The highest BCUT2D eigenvalue weighted by molar-refractivity contribution is 7.89. The highest BCUT2D eigenvalue weighted by atomic mass is 32.2. The maximum Gasteiger partial charge on any atom is 0.257 e. The first kappa shape index (κ1) is 19.8. The van der Waals surface area contributed by atoms with Gasteiger partial charge in [0.1, 0.15) is 0 Å². The lowest BCUT2D eigenvalue weighted by molar-refractivity contribution is 0.415. The minimum absolute atomic E-state index is 0.284. The third-order valence-corrected chi connectivity index (χ3v) is 7.26. The Labute approximate surface area is 171 Å². The summed E-state index contributed by atoms with van der Waals surface area (Å²) in [6.07, 6.45) is 4.66. The summed E-state index contributed by atoms with van der Waals surface area (Å²) >= 11 is 0. The molecule has 0 fully saturated rings. The Morgan fingerprint density at radius 1 is 1.07 bits per heavy atom. The monoisotopic (exact) mass is 411 g/mol. The Hall–Kier alpha value is -2.51. The van der Waals surface area contributed by atoms with Crippen LogP contribution in [-0.2, 0) is 29.3 Å². The fourth-order valence-corrected chi connectivity index (χ4v) is 4.90. The Balaban J connectivity index is 1.45. The maximum absolute atomic E-state index is 13.0. The molecule has 0 unspecified atom stereocenters. The van der Waals surface area contributed by atoms with Gasteiger partial charge in [-0.15, -0.1) is 0 Å². The molecule has 29 heavy (non-hydrogen) atoms. The van der Waals surface area contributed by atoms with Gasteiger partial charge in [-0.1, -0.05) is 28.9 Å². The maximum atomic E-state index is 13.0. The van der Waals surface area contributed by atoms with Crippen molar-refractivity contribution in [1.29, 1.82) is 0 Å². The van der Waals surface area contributed by atoms with E-state index in [-0.39, 0.29) is 6.54 Å². The van der Waals surface area contributed by atoms with Gasteiger partial charge in [0.15, 0.2) is 5.82 Å². The lowest BCUT2D eigenvalue weighted by Crippen LogP contribution is -2.29. The average Bonchev–Trinajstić information content (AvgIpc) is 3.20. The number of rotatable bonds is 6. The topological polar surface area (TPSA) is 76.3 Å². The van der Waals surface area contributed by atoms with Crippen LogP contribution in [0.4, 0.5) is 0 Å². The van der Waals surface area contributed by atoms with Gasteiger partial charge >= 0.3 is 0 Å². The van der Waals surface area contributed by atoms with E-state index in [2.05, 4.69) is 10.1 Å². The minimum Gasteiger partial charge on any atom is -0.334 e. The summed E-state index contributed by atoms with van der Waals surface area (Å²) in [5, 5.41) is 4.00. The number of sulfonamides is 1. The highest BCUT2D eigenvalue weighted by Crippen LogP contribution is 2.25. The molecule has 1 aliphatic rings. The van der Waals surface area contributed by atoms with Crippen LogP contribution in [0.15, 0.2) is 51.9 Å². The zero-order valence-corrected chi connectivity index (χ0v) is 17.6. The van der Waals surface area contributed by atoms with Crippen LogP contribution in [0, 0.1) is 6.92 Å². The summed E-state index contributed by atoms with van der Waals surface area (Å²) in [6.45, 7) is 2.29. The normalized spacial score (nSPS) is 14.2. The van der Waals surface area contributed by atoms with E-state index in [0.29, 0.717) is 23.0 Å². The van der Waals surface area contributed by atoms with Crippen LogP contribution in [-0.4, -0.2) is 36.5 Å². The molecule has 0 amide bonds. The summed E-state index contributed by atoms with van der Waals surface area (Å²) < 4.78 is 32.6. The van der Waals surface area contributed by atoms with Crippen LogP contribution in [0.5, 0.6) is 0 Å². The SMILES string of the molecule is Cc1cccc(-c2nc(CCN(C)S(=O)(=O)c3ccc4c(c3)CCCC4)no2)c1. The van der Waals surface area contributed by atoms with Crippen LogP contribution in [0.1, 0.15) is 35.4 Å². The average molecular weight is 412 g/mol. The van der Waals surface area contributed by atoms with Crippen LogP contribution in [0.3, 0.4) is 0 Å². The number of hydrogen-bond donors (Lipinski definition) is 0. The van der Waals surface area contributed by atoms with Gasteiger partial charge in [0.2, 0.25) is 10.0 Å². The molecule has 6 nitrogen and oxygen atoms in total. The van der Waals surface area contributed by atoms with Crippen molar-refractivity contribution in [2.45, 2.75) is 43.9 Å². The van der Waals surface area contributed by atoms with Gasteiger partial charge in [-0.2, -0.15) is 4.98 Å². The minimum atomic E-state index is -3.55. The van der Waals surface area contributed by atoms with Gasteiger partial charge in [0.25, 0.3) is 5.89 Å². The largest absolute Gasteiger partial charge is 0.334 e. The molecule has 0 N–H and O–H groups in total. The van der Waals surface area contributed by atoms with Gasteiger partial charge in [0.05, 0.1) is 4.90 Å². The Bertz CT molecular complexity index is 1120. The van der Waals surface area contributed by atoms with Gasteiger partial charge in [0, 0.05) is 25.6 Å².